The predicted molar refractivity (Wildman–Crippen MR) is 106 cm³/mol. The van der Waals surface area contributed by atoms with E-state index in [2.05, 4.69) is 63.6 Å². The molecule has 4 nitrogen and oxygen atoms in total. The highest BCUT2D eigenvalue weighted by Crippen LogP contribution is 2.27. The first-order valence-corrected chi connectivity index (χ1v) is 9.83. The lowest BCUT2D eigenvalue weighted by Crippen LogP contribution is -2.31. The molecule has 0 unspecified atom stereocenters. The molecule has 3 aromatic heterocycles. The Balaban J connectivity index is 1.43. The molecule has 1 aromatic carbocycles. The largest absolute Gasteiger partial charge is 0.358 e. The number of benzene rings is 1. The fourth-order valence-electron chi connectivity index (χ4n) is 3.78. The highest BCUT2D eigenvalue weighted by atomic mass is 32.1. The van der Waals surface area contributed by atoms with E-state index in [0.29, 0.717) is 0 Å². The molecule has 26 heavy (non-hydrogen) atoms. The Bertz CT molecular complexity index is 1070. The van der Waals surface area contributed by atoms with E-state index in [1.165, 1.54) is 33.4 Å². The molecule has 0 fully saturated rings. The number of thiophene rings is 1. The zero-order chi connectivity index (χ0) is 17.5. The first-order chi connectivity index (χ1) is 12.8. The van der Waals surface area contributed by atoms with Crippen LogP contribution >= 0.6 is 11.3 Å². The molecule has 0 bridgehead atoms. The third-order valence-corrected chi connectivity index (χ3v) is 6.04. The minimum absolute atomic E-state index is 0.851. The van der Waals surface area contributed by atoms with Crippen LogP contribution < -0.4 is 0 Å². The molecule has 0 radical (unpaired) electrons. The quantitative estimate of drug-likeness (QED) is 0.583. The summed E-state index contributed by atoms with van der Waals surface area (Å²) in [5, 5.41) is 3.40. The normalized spacial score (nSPS) is 14.7. The topological polar surface area (TPSA) is 44.8 Å². The number of fused-ring (bicyclic) bond motifs is 2. The van der Waals surface area contributed by atoms with Gasteiger partial charge in [-0.1, -0.05) is 24.3 Å². The van der Waals surface area contributed by atoms with E-state index in [4.69, 9.17) is 4.98 Å². The molecule has 4 aromatic rings. The summed E-state index contributed by atoms with van der Waals surface area (Å²) in [5.74, 6) is 0.851. The van der Waals surface area contributed by atoms with Crippen LogP contribution in [0.4, 0.5) is 0 Å². The van der Waals surface area contributed by atoms with Crippen molar-refractivity contribution in [3.05, 3.63) is 70.5 Å². The molecule has 0 saturated heterocycles. The van der Waals surface area contributed by atoms with Gasteiger partial charge >= 0.3 is 0 Å². The number of H-pyrrole nitrogens is 1. The average Bonchev–Trinajstić information content (AvgIpc) is 3.30. The van der Waals surface area contributed by atoms with E-state index < -0.39 is 0 Å². The second-order valence-corrected chi connectivity index (χ2v) is 7.83. The lowest BCUT2D eigenvalue weighted by Gasteiger charge is -2.28. The van der Waals surface area contributed by atoms with Gasteiger partial charge in [-0.05, 0) is 42.0 Å². The van der Waals surface area contributed by atoms with Crippen molar-refractivity contribution in [3.8, 4) is 10.7 Å². The van der Waals surface area contributed by atoms with Crippen LogP contribution in [0, 0.1) is 6.92 Å². The highest BCUT2D eigenvalue weighted by molar-refractivity contribution is 7.13. The third kappa shape index (κ3) is 2.73. The SMILES string of the molecule is Cc1[nH]c2ccccc2c1CN1CCc2cnc(-c3cccs3)nc2C1. The van der Waals surface area contributed by atoms with Gasteiger partial charge in [-0.15, -0.1) is 11.3 Å². The summed E-state index contributed by atoms with van der Waals surface area (Å²) in [6.07, 6.45) is 3.03. The first-order valence-electron chi connectivity index (χ1n) is 8.95. The van der Waals surface area contributed by atoms with E-state index >= 15 is 0 Å². The Morgan fingerprint density at radius 3 is 3.00 bits per heavy atom. The maximum atomic E-state index is 4.87. The van der Waals surface area contributed by atoms with Crippen LogP contribution in [0.15, 0.2) is 48.0 Å². The van der Waals surface area contributed by atoms with Crippen LogP contribution in [0.2, 0.25) is 0 Å². The van der Waals surface area contributed by atoms with Crippen molar-refractivity contribution >= 4 is 22.2 Å². The Hall–Kier alpha value is -2.50. The molecule has 5 heteroatoms. The number of hydrogen-bond donors (Lipinski definition) is 1. The Labute approximate surface area is 156 Å². The second-order valence-electron chi connectivity index (χ2n) is 6.88. The lowest BCUT2D eigenvalue weighted by molar-refractivity contribution is 0.241. The van der Waals surface area contributed by atoms with Gasteiger partial charge in [-0.25, -0.2) is 9.97 Å². The number of aromatic amines is 1. The number of nitrogens with one attached hydrogen (secondary N) is 1. The van der Waals surface area contributed by atoms with Crippen molar-refractivity contribution in [2.45, 2.75) is 26.4 Å². The van der Waals surface area contributed by atoms with Crippen LogP contribution in [0.1, 0.15) is 22.5 Å². The molecule has 1 aliphatic rings. The molecule has 130 valence electrons. The zero-order valence-corrected chi connectivity index (χ0v) is 15.5. The fraction of sp³-hybridized carbons (Fsp3) is 0.238. The monoisotopic (exact) mass is 360 g/mol. The van der Waals surface area contributed by atoms with Gasteiger partial charge in [0.2, 0.25) is 0 Å². The van der Waals surface area contributed by atoms with Crippen molar-refractivity contribution in [2.75, 3.05) is 6.54 Å². The van der Waals surface area contributed by atoms with E-state index in [0.717, 1.165) is 36.8 Å². The molecule has 0 atom stereocenters. The summed E-state index contributed by atoms with van der Waals surface area (Å²) >= 11 is 1.69. The Kier molecular flexibility index (Phi) is 3.84. The number of para-hydroxylation sites is 1. The van der Waals surface area contributed by atoms with E-state index in [1.807, 2.05) is 6.20 Å². The molecule has 0 saturated carbocycles. The van der Waals surface area contributed by atoms with Crippen molar-refractivity contribution in [3.63, 3.8) is 0 Å². The summed E-state index contributed by atoms with van der Waals surface area (Å²) in [6, 6.07) is 12.7. The van der Waals surface area contributed by atoms with Gasteiger partial charge in [0.25, 0.3) is 0 Å². The Morgan fingerprint density at radius 2 is 2.12 bits per heavy atom. The molecule has 0 amide bonds. The van der Waals surface area contributed by atoms with Crippen LogP contribution in [-0.2, 0) is 19.5 Å². The molecule has 0 aliphatic carbocycles. The van der Waals surface area contributed by atoms with Crippen LogP contribution in [0.25, 0.3) is 21.6 Å². The summed E-state index contributed by atoms with van der Waals surface area (Å²) in [5.41, 5.74) is 6.35. The van der Waals surface area contributed by atoms with Gasteiger partial charge in [-0.3, -0.25) is 4.90 Å². The van der Waals surface area contributed by atoms with Crippen LogP contribution in [0.5, 0.6) is 0 Å². The van der Waals surface area contributed by atoms with E-state index in [9.17, 15) is 0 Å². The summed E-state index contributed by atoms with van der Waals surface area (Å²) in [6.45, 7) is 5.06. The number of aromatic nitrogens is 3. The molecule has 0 spiro atoms. The number of aryl methyl sites for hydroxylation is 1. The fourth-order valence-corrected chi connectivity index (χ4v) is 4.44. The Morgan fingerprint density at radius 1 is 1.19 bits per heavy atom. The smallest absolute Gasteiger partial charge is 0.169 e. The van der Waals surface area contributed by atoms with Gasteiger partial charge < -0.3 is 4.98 Å². The maximum absolute atomic E-state index is 4.87. The molecule has 4 heterocycles. The van der Waals surface area contributed by atoms with Crippen molar-refractivity contribution in [1.29, 1.82) is 0 Å². The van der Waals surface area contributed by atoms with Gasteiger partial charge in [0.15, 0.2) is 5.82 Å². The molecule has 1 aliphatic heterocycles. The summed E-state index contributed by atoms with van der Waals surface area (Å²) < 4.78 is 0. The third-order valence-electron chi connectivity index (χ3n) is 5.18. The summed E-state index contributed by atoms with van der Waals surface area (Å²) in [7, 11) is 0. The number of nitrogens with zero attached hydrogens (tertiary/aromatic N) is 3. The van der Waals surface area contributed by atoms with Gasteiger partial charge in [-0.2, -0.15) is 0 Å². The molecule has 1 N–H and O–H groups in total. The van der Waals surface area contributed by atoms with Crippen molar-refractivity contribution in [1.82, 2.24) is 19.9 Å². The zero-order valence-electron chi connectivity index (χ0n) is 14.7. The average molecular weight is 360 g/mol. The van der Waals surface area contributed by atoms with Gasteiger partial charge in [0, 0.05) is 42.4 Å². The molecular weight excluding hydrogens is 340 g/mol. The number of rotatable bonds is 3. The maximum Gasteiger partial charge on any atom is 0.169 e. The van der Waals surface area contributed by atoms with Crippen molar-refractivity contribution < 1.29 is 0 Å². The standard InChI is InChI=1S/C21H20N4S/c1-14-17(16-5-2-3-6-18(16)23-14)12-25-9-8-15-11-22-21(24-19(15)13-25)20-7-4-10-26-20/h2-7,10-11,23H,8-9,12-13H2,1H3. The number of hydrogen-bond acceptors (Lipinski definition) is 4. The first kappa shape index (κ1) is 15.7. The van der Waals surface area contributed by atoms with Crippen LogP contribution in [0.3, 0.4) is 0 Å². The van der Waals surface area contributed by atoms with Crippen LogP contribution in [-0.4, -0.2) is 26.4 Å². The highest BCUT2D eigenvalue weighted by Gasteiger charge is 2.21. The van der Waals surface area contributed by atoms with Gasteiger partial charge in [0.1, 0.15) is 0 Å². The minimum Gasteiger partial charge on any atom is -0.358 e. The van der Waals surface area contributed by atoms with E-state index in [1.54, 1.807) is 11.3 Å². The minimum atomic E-state index is 0.851. The second kappa shape index (κ2) is 6.34. The summed E-state index contributed by atoms with van der Waals surface area (Å²) in [4.78, 5) is 16.6. The van der Waals surface area contributed by atoms with Crippen molar-refractivity contribution in [2.24, 2.45) is 0 Å². The molecular formula is C21H20N4S. The lowest BCUT2D eigenvalue weighted by atomic mass is 10.0. The van der Waals surface area contributed by atoms with E-state index in [-0.39, 0.29) is 0 Å². The molecule has 5 rings (SSSR count). The van der Waals surface area contributed by atoms with Gasteiger partial charge in [0.05, 0.1) is 10.6 Å². The predicted octanol–water partition coefficient (Wildman–Crippen LogP) is 4.55.